The molecule has 0 unspecified atom stereocenters. The molecule has 3 aromatic rings. The number of benzene rings is 2. The summed E-state index contributed by atoms with van der Waals surface area (Å²) in [6.45, 7) is 1.43. The van der Waals surface area contributed by atoms with E-state index in [0.717, 1.165) is 14.7 Å². The molecule has 0 spiro atoms. The Balaban J connectivity index is 1.65. The van der Waals surface area contributed by atoms with Crippen molar-refractivity contribution in [1.29, 1.82) is 0 Å². The quantitative estimate of drug-likeness (QED) is 0.649. The summed E-state index contributed by atoms with van der Waals surface area (Å²) in [5, 5.41) is 10.9. The largest absolute Gasteiger partial charge is 0.335 e. The number of nitrogens with one attached hydrogen (secondary N) is 1. The summed E-state index contributed by atoms with van der Waals surface area (Å²) >= 11 is 3.37. The minimum absolute atomic E-state index is 0.149. The highest BCUT2D eigenvalue weighted by molar-refractivity contribution is 9.10. The molecule has 1 N–H and O–H groups in total. The number of anilines is 1. The Bertz CT molecular complexity index is 1110. The number of nitrogens with zero attached hydrogens (tertiary/aromatic N) is 4. The minimum Gasteiger partial charge on any atom is -0.335 e. The first-order valence-corrected chi connectivity index (χ1v) is 9.27. The first-order valence-electron chi connectivity index (χ1n) is 8.47. The van der Waals surface area contributed by atoms with Gasteiger partial charge in [0.1, 0.15) is 12.1 Å². The van der Waals surface area contributed by atoms with Crippen LogP contribution in [0.25, 0.3) is 10.9 Å². The van der Waals surface area contributed by atoms with Gasteiger partial charge >= 0.3 is 0 Å². The smallest absolute Gasteiger partial charge is 0.278 e. The van der Waals surface area contributed by atoms with Crippen molar-refractivity contribution in [3.05, 3.63) is 62.9 Å². The Morgan fingerprint density at radius 3 is 2.71 bits per heavy atom. The summed E-state index contributed by atoms with van der Waals surface area (Å²) in [5.41, 5.74) is 1.64. The van der Waals surface area contributed by atoms with Crippen molar-refractivity contribution in [3.8, 4) is 0 Å². The molecule has 0 atom stereocenters. The zero-order valence-electron chi connectivity index (χ0n) is 15.3. The highest BCUT2D eigenvalue weighted by atomic mass is 79.9. The lowest BCUT2D eigenvalue weighted by molar-refractivity contribution is -0.134. The van der Waals surface area contributed by atoms with Gasteiger partial charge in [-0.2, -0.15) is 0 Å². The number of aromatic nitrogens is 3. The first kappa shape index (κ1) is 19.7. The van der Waals surface area contributed by atoms with Crippen LogP contribution in [-0.2, 0) is 16.1 Å². The molecule has 144 valence electrons. The van der Waals surface area contributed by atoms with E-state index in [-0.39, 0.29) is 19.0 Å². The van der Waals surface area contributed by atoms with Gasteiger partial charge in [0.25, 0.3) is 5.56 Å². The zero-order chi connectivity index (χ0) is 20.3. The van der Waals surface area contributed by atoms with Crippen molar-refractivity contribution in [2.45, 2.75) is 13.5 Å². The number of fused-ring (bicyclic) bond motifs is 1. The summed E-state index contributed by atoms with van der Waals surface area (Å²) < 4.78 is 1.91. The van der Waals surface area contributed by atoms with Crippen LogP contribution in [0.15, 0.2) is 51.7 Å². The number of carbonyl (C=O) groups is 2. The third-order valence-corrected chi connectivity index (χ3v) is 4.68. The average molecular weight is 444 g/mol. The monoisotopic (exact) mass is 443 g/mol. The van der Waals surface area contributed by atoms with E-state index in [1.54, 1.807) is 30.3 Å². The number of hydrogen-bond donors (Lipinski definition) is 1. The Morgan fingerprint density at radius 2 is 1.96 bits per heavy atom. The average Bonchev–Trinajstić information content (AvgIpc) is 2.66. The third-order valence-electron chi connectivity index (χ3n) is 4.18. The standard InChI is InChI=1S/C19H18BrN5O3/c1-12-9-13(20)7-8-15(12)21-17(26)10-24(2)18(27)11-25-19(28)14-5-3-4-6-16(14)22-23-25/h3-9H,10-11H2,1-2H3,(H,21,26). The molecule has 8 nitrogen and oxygen atoms in total. The molecule has 0 radical (unpaired) electrons. The number of likely N-dealkylation sites (N-methyl/N-ethyl adjacent to an activating group) is 1. The number of rotatable bonds is 5. The molecule has 2 amide bonds. The van der Waals surface area contributed by atoms with E-state index in [1.807, 2.05) is 19.1 Å². The van der Waals surface area contributed by atoms with Crippen LogP contribution in [0.4, 0.5) is 5.69 Å². The van der Waals surface area contributed by atoms with E-state index in [0.29, 0.717) is 16.6 Å². The van der Waals surface area contributed by atoms with Gasteiger partial charge in [-0.3, -0.25) is 14.4 Å². The molecule has 0 aliphatic heterocycles. The van der Waals surface area contributed by atoms with E-state index < -0.39 is 11.5 Å². The Morgan fingerprint density at radius 1 is 1.21 bits per heavy atom. The lowest BCUT2D eigenvalue weighted by atomic mass is 10.2. The van der Waals surface area contributed by atoms with Gasteiger partial charge < -0.3 is 10.2 Å². The maximum absolute atomic E-state index is 12.4. The summed E-state index contributed by atoms with van der Waals surface area (Å²) in [6.07, 6.45) is 0. The second-order valence-electron chi connectivity index (χ2n) is 6.33. The normalized spacial score (nSPS) is 10.7. The van der Waals surface area contributed by atoms with Crippen LogP contribution in [0, 0.1) is 6.92 Å². The van der Waals surface area contributed by atoms with E-state index in [1.165, 1.54) is 11.9 Å². The van der Waals surface area contributed by atoms with Crippen LogP contribution in [0.3, 0.4) is 0 Å². The van der Waals surface area contributed by atoms with Crippen molar-refractivity contribution in [1.82, 2.24) is 19.9 Å². The van der Waals surface area contributed by atoms with Crippen LogP contribution in [0.2, 0.25) is 0 Å². The van der Waals surface area contributed by atoms with Gasteiger partial charge in [-0.25, -0.2) is 4.68 Å². The van der Waals surface area contributed by atoms with Gasteiger partial charge in [-0.05, 0) is 42.8 Å². The van der Waals surface area contributed by atoms with E-state index in [2.05, 4.69) is 31.6 Å². The highest BCUT2D eigenvalue weighted by Crippen LogP contribution is 2.19. The lowest BCUT2D eigenvalue weighted by Crippen LogP contribution is -2.39. The zero-order valence-corrected chi connectivity index (χ0v) is 16.9. The molecule has 0 saturated carbocycles. The molecule has 0 aliphatic carbocycles. The fraction of sp³-hybridized carbons (Fsp3) is 0.211. The van der Waals surface area contributed by atoms with Crippen molar-refractivity contribution in [3.63, 3.8) is 0 Å². The van der Waals surface area contributed by atoms with E-state index >= 15 is 0 Å². The van der Waals surface area contributed by atoms with Gasteiger partial charge in [-0.15, -0.1) is 5.10 Å². The van der Waals surface area contributed by atoms with Crippen molar-refractivity contribution in [2.75, 3.05) is 18.9 Å². The molecular weight excluding hydrogens is 426 g/mol. The van der Waals surface area contributed by atoms with Gasteiger partial charge in [0.2, 0.25) is 11.8 Å². The van der Waals surface area contributed by atoms with Crippen molar-refractivity contribution >= 4 is 44.3 Å². The molecule has 9 heteroatoms. The summed E-state index contributed by atoms with van der Waals surface area (Å²) in [5.74, 6) is -0.757. The molecule has 0 saturated heterocycles. The molecule has 28 heavy (non-hydrogen) atoms. The maximum Gasteiger partial charge on any atom is 0.278 e. The van der Waals surface area contributed by atoms with Crippen LogP contribution >= 0.6 is 15.9 Å². The first-order chi connectivity index (χ1) is 13.3. The number of halogens is 1. The highest BCUT2D eigenvalue weighted by Gasteiger charge is 2.16. The predicted molar refractivity (Wildman–Crippen MR) is 109 cm³/mol. The Labute approximate surface area is 169 Å². The number of hydrogen-bond acceptors (Lipinski definition) is 5. The van der Waals surface area contributed by atoms with Gasteiger partial charge in [0.05, 0.1) is 11.9 Å². The van der Waals surface area contributed by atoms with Crippen LogP contribution < -0.4 is 10.9 Å². The second kappa shape index (κ2) is 8.30. The number of carbonyl (C=O) groups excluding carboxylic acids is 2. The van der Waals surface area contributed by atoms with Crippen LogP contribution in [0.5, 0.6) is 0 Å². The molecule has 0 fully saturated rings. The van der Waals surface area contributed by atoms with Crippen LogP contribution in [0.1, 0.15) is 5.56 Å². The number of aryl methyl sites for hydroxylation is 1. The Kier molecular flexibility index (Phi) is 5.84. The predicted octanol–water partition coefficient (Wildman–Crippen LogP) is 1.96. The van der Waals surface area contributed by atoms with Crippen LogP contribution in [-0.4, -0.2) is 45.3 Å². The summed E-state index contributed by atoms with van der Waals surface area (Å²) in [6, 6.07) is 12.3. The van der Waals surface area contributed by atoms with Gasteiger partial charge in [-0.1, -0.05) is 33.3 Å². The SMILES string of the molecule is Cc1cc(Br)ccc1NC(=O)CN(C)C(=O)Cn1nnc2ccccc2c1=O. The van der Waals surface area contributed by atoms with E-state index in [9.17, 15) is 14.4 Å². The van der Waals surface area contributed by atoms with Gasteiger partial charge in [0.15, 0.2) is 0 Å². The van der Waals surface area contributed by atoms with E-state index in [4.69, 9.17) is 0 Å². The van der Waals surface area contributed by atoms with Crippen molar-refractivity contribution < 1.29 is 9.59 Å². The molecule has 0 bridgehead atoms. The molecule has 0 aliphatic rings. The number of amides is 2. The topological polar surface area (TPSA) is 97.2 Å². The minimum atomic E-state index is -0.422. The molecular formula is C19H18BrN5O3. The van der Waals surface area contributed by atoms with Crippen molar-refractivity contribution in [2.24, 2.45) is 0 Å². The fourth-order valence-electron chi connectivity index (χ4n) is 2.64. The third kappa shape index (κ3) is 4.42. The second-order valence-corrected chi connectivity index (χ2v) is 7.24. The molecule has 3 rings (SSSR count). The lowest BCUT2D eigenvalue weighted by Gasteiger charge is -2.17. The maximum atomic E-state index is 12.4. The summed E-state index contributed by atoms with van der Waals surface area (Å²) in [4.78, 5) is 38.3. The molecule has 2 aromatic carbocycles. The Hall–Kier alpha value is -3.07. The fourth-order valence-corrected chi connectivity index (χ4v) is 3.11. The summed E-state index contributed by atoms with van der Waals surface area (Å²) in [7, 11) is 1.50. The molecule has 1 aromatic heterocycles. The van der Waals surface area contributed by atoms with Gasteiger partial charge in [0, 0.05) is 17.2 Å². The molecule has 1 heterocycles.